The van der Waals surface area contributed by atoms with Gasteiger partial charge in [0.05, 0.1) is 0 Å². The third-order valence-corrected chi connectivity index (χ3v) is 4.19. The lowest BCUT2D eigenvalue weighted by Gasteiger charge is -2.41. The lowest BCUT2D eigenvalue weighted by atomic mass is 9.89. The predicted octanol–water partition coefficient (Wildman–Crippen LogP) is 1.15. The first-order valence-corrected chi connectivity index (χ1v) is 6.95. The van der Waals surface area contributed by atoms with Gasteiger partial charge in [0.2, 0.25) is 0 Å². The smallest absolute Gasteiger partial charge is 0.0113 e. The second kappa shape index (κ2) is 5.99. The fourth-order valence-corrected chi connectivity index (χ4v) is 3.16. The van der Waals surface area contributed by atoms with Crippen LogP contribution in [0.1, 0.15) is 32.6 Å². The van der Waals surface area contributed by atoms with Crippen molar-refractivity contribution in [1.82, 2.24) is 15.1 Å². The van der Waals surface area contributed by atoms with Crippen LogP contribution in [0, 0.1) is 0 Å². The maximum absolute atomic E-state index is 3.63. The summed E-state index contributed by atoms with van der Waals surface area (Å²) in [6.45, 7) is 8.41. The Morgan fingerprint density at radius 2 is 1.88 bits per heavy atom. The van der Waals surface area contributed by atoms with E-state index in [0.717, 1.165) is 18.6 Å². The molecule has 1 aliphatic heterocycles. The van der Waals surface area contributed by atoms with Crippen molar-refractivity contribution >= 4 is 0 Å². The van der Waals surface area contributed by atoms with Gasteiger partial charge in [-0.15, -0.1) is 0 Å². The molecule has 0 amide bonds. The molecule has 0 spiro atoms. The van der Waals surface area contributed by atoms with Gasteiger partial charge >= 0.3 is 0 Å². The van der Waals surface area contributed by atoms with Crippen LogP contribution in [0.2, 0.25) is 0 Å². The third-order valence-electron chi connectivity index (χ3n) is 4.19. The molecule has 1 N–H and O–H groups in total. The molecule has 0 radical (unpaired) electrons. The van der Waals surface area contributed by atoms with Crippen molar-refractivity contribution in [2.75, 3.05) is 39.8 Å². The van der Waals surface area contributed by atoms with Gasteiger partial charge in [-0.3, -0.25) is 4.90 Å². The molecule has 1 saturated carbocycles. The molecule has 0 aromatic carbocycles. The molecule has 1 aliphatic carbocycles. The summed E-state index contributed by atoms with van der Waals surface area (Å²) in [5.41, 5.74) is 0. The molecular formula is C13H27N3. The van der Waals surface area contributed by atoms with Crippen molar-refractivity contribution < 1.29 is 0 Å². The molecular weight excluding hydrogens is 198 g/mol. The maximum Gasteiger partial charge on any atom is 0.0113 e. The molecule has 94 valence electrons. The third kappa shape index (κ3) is 3.19. The minimum absolute atomic E-state index is 0.781. The van der Waals surface area contributed by atoms with Crippen molar-refractivity contribution in [3.05, 3.63) is 0 Å². The van der Waals surface area contributed by atoms with E-state index in [2.05, 4.69) is 29.1 Å². The lowest BCUT2D eigenvalue weighted by Crippen LogP contribution is -2.52. The topological polar surface area (TPSA) is 18.5 Å². The zero-order chi connectivity index (χ0) is 11.4. The molecule has 0 unspecified atom stereocenters. The standard InChI is InChI=1S/C13H27N3/c1-3-14-12-5-4-6-13(11-12)16-9-7-15(2)8-10-16/h12-14H,3-11H2,1-2H3/t12-,13+/m0/s1. The van der Waals surface area contributed by atoms with Crippen molar-refractivity contribution in [2.24, 2.45) is 0 Å². The Kier molecular flexibility index (Phi) is 4.62. The van der Waals surface area contributed by atoms with Crippen LogP contribution in [0.25, 0.3) is 0 Å². The minimum atomic E-state index is 0.781. The highest BCUT2D eigenvalue weighted by Crippen LogP contribution is 2.23. The molecule has 1 heterocycles. The predicted molar refractivity (Wildman–Crippen MR) is 68.8 cm³/mol. The molecule has 0 aromatic heterocycles. The van der Waals surface area contributed by atoms with E-state index in [1.807, 2.05) is 0 Å². The Bertz CT molecular complexity index is 197. The maximum atomic E-state index is 3.63. The van der Waals surface area contributed by atoms with Crippen molar-refractivity contribution in [1.29, 1.82) is 0 Å². The molecule has 1 saturated heterocycles. The monoisotopic (exact) mass is 225 g/mol. The van der Waals surface area contributed by atoms with Crippen LogP contribution in [-0.4, -0.2) is 61.7 Å². The quantitative estimate of drug-likeness (QED) is 0.777. The van der Waals surface area contributed by atoms with E-state index in [1.165, 1.54) is 51.9 Å². The molecule has 2 rings (SSSR count). The van der Waals surface area contributed by atoms with E-state index >= 15 is 0 Å². The van der Waals surface area contributed by atoms with Gasteiger partial charge in [0.25, 0.3) is 0 Å². The first-order chi connectivity index (χ1) is 7.79. The number of rotatable bonds is 3. The summed E-state index contributed by atoms with van der Waals surface area (Å²) in [5, 5.41) is 3.63. The molecule has 2 aliphatic rings. The Morgan fingerprint density at radius 3 is 2.56 bits per heavy atom. The second-order valence-electron chi connectivity index (χ2n) is 5.41. The Labute approximate surface area is 100 Å². The second-order valence-corrected chi connectivity index (χ2v) is 5.41. The van der Waals surface area contributed by atoms with Crippen LogP contribution < -0.4 is 5.32 Å². The van der Waals surface area contributed by atoms with E-state index in [1.54, 1.807) is 0 Å². The van der Waals surface area contributed by atoms with E-state index < -0.39 is 0 Å². The molecule has 0 aromatic rings. The number of hydrogen-bond acceptors (Lipinski definition) is 3. The van der Waals surface area contributed by atoms with Crippen LogP contribution in [0.4, 0.5) is 0 Å². The molecule has 3 heteroatoms. The Hall–Kier alpha value is -0.120. The van der Waals surface area contributed by atoms with Crippen LogP contribution in [0.5, 0.6) is 0 Å². The van der Waals surface area contributed by atoms with E-state index in [4.69, 9.17) is 0 Å². The van der Waals surface area contributed by atoms with Crippen LogP contribution in [0.15, 0.2) is 0 Å². The van der Waals surface area contributed by atoms with Gasteiger partial charge in [0.1, 0.15) is 0 Å². The molecule has 16 heavy (non-hydrogen) atoms. The van der Waals surface area contributed by atoms with Gasteiger partial charge in [-0.05, 0) is 32.9 Å². The van der Waals surface area contributed by atoms with Crippen molar-refractivity contribution in [3.63, 3.8) is 0 Å². The van der Waals surface area contributed by atoms with Gasteiger partial charge in [-0.1, -0.05) is 13.3 Å². The largest absolute Gasteiger partial charge is 0.314 e. The van der Waals surface area contributed by atoms with Gasteiger partial charge in [0.15, 0.2) is 0 Å². The fraction of sp³-hybridized carbons (Fsp3) is 1.00. The lowest BCUT2D eigenvalue weighted by molar-refractivity contribution is 0.0830. The number of nitrogens with zero attached hydrogens (tertiary/aromatic N) is 2. The summed E-state index contributed by atoms with van der Waals surface area (Å²) in [6.07, 6.45) is 5.59. The average Bonchev–Trinajstić information content (AvgIpc) is 2.31. The highest BCUT2D eigenvalue weighted by atomic mass is 15.3. The van der Waals surface area contributed by atoms with Crippen LogP contribution in [0.3, 0.4) is 0 Å². The average molecular weight is 225 g/mol. The van der Waals surface area contributed by atoms with Crippen LogP contribution in [-0.2, 0) is 0 Å². The summed E-state index contributed by atoms with van der Waals surface area (Å²) in [5.74, 6) is 0. The summed E-state index contributed by atoms with van der Waals surface area (Å²) in [4.78, 5) is 5.17. The van der Waals surface area contributed by atoms with E-state index in [9.17, 15) is 0 Å². The van der Waals surface area contributed by atoms with E-state index in [-0.39, 0.29) is 0 Å². The van der Waals surface area contributed by atoms with Gasteiger partial charge < -0.3 is 10.2 Å². The summed E-state index contributed by atoms with van der Waals surface area (Å²) >= 11 is 0. The molecule has 3 nitrogen and oxygen atoms in total. The molecule has 2 atom stereocenters. The number of nitrogens with one attached hydrogen (secondary N) is 1. The Morgan fingerprint density at radius 1 is 1.12 bits per heavy atom. The van der Waals surface area contributed by atoms with E-state index in [0.29, 0.717) is 0 Å². The van der Waals surface area contributed by atoms with Gasteiger partial charge in [0, 0.05) is 38.3 Å². The summed E-state index contributed by atoms with van der Waals surface area (Å²) < 4.78 is 0. The first kappa shape index (κ1) is 12.3. The zero-order valence-corrected chi connectivity index (χ0v) is 10.9. The number of hydrogen-bond donors (Lipinski definition) is 1. The van der Waals surface area contributed by atoms with Gasteiger partial charge in [-0.2, -0.15) is 0 Å². The SMILES string of the molecule is CCN[C@H]1CCC[C@@H](N2CCN(C)CC2)C1. The van der Waals surface area contributed by atoms with Crippen molar-refractivity contribution in [2.45, 2.75) is 44.7 Å². The normalized spacial score (nSPS) is 34.1. The van der Waals surface area contributed by atoms with Gasteiger partial charge in [-0.25, -0.2) is 0 Å². The molecule has 0 bridgehead atoms. The van der Waals surface area contributed by atoms with Crippen LogP contribution >= 0.6 is 0 Å². The van der Waals surface area contributed by atoms with Crippen molar-refractivity contribution in [3.8, 4) is 0 Å². The summed E-state index contributed by atoms with van der Waals surface area (Å²) in [7, 11) is 2.24. The number of likely N-dealkylation sites (N-methyl/N-ethyl adjacent to an activating group) is 1. The highest BCUT2D eigenvalue weighted by Gasteiger charge is 2.27. The minimum Gasteiger partial charge on any atom is -0.314 e. The highest BCUT2D eigenvalue weighted by molar-refractivity contribution is 4.85. The molecule has 2 fully saturated rings. The Balaban J connectivity index is 1.80. The zero-order valence-electron chi connectivity index (χ0n) is 10.9. The number of piperazine rings is 1. The summed E-state index contributed by atoms with van der Waals surface area (Å²) in [6, 6.07) is 1.63. The first-order valence-electron chi connectivity index (χ1n) is 6.95. The fourth-order valence-electron chi connectivity index (χ4n) is 3.16.